The third-order valence-electron chi connectivity index (χ3n) is 4.20. The van der Waals surface area contributed by atoms with Crippen LogP contribution >= 0.6 is 0 Å². The van der Waals surface area contributed by atoms with Gasteiger partial charge in [0.05, 0.1) is 0 Å². The van der Waals surface area contributed by atoms with Crippen LogP contribution in [0.3, 0.4) is 0 Å². The van der Waals surface area contributed by atoms with Crippen molar-refractivity contribution in [2.45, 2.75) is 26.2 Å². The molecular weight excluding hydrogens is 252 g/mol. The molecule has 0 bridgehead atoms. The zero-order valence-electron chi connectivity index (χ0n) is 11.6. The number of phenols is 3. The molecule has 3 nitrogen and oxygen atoms in total. The van der Waals surface area contributed by atoms with Crippen LogP contribution in [0.4, 0.5) is 0 Å². The summed E-state index contributed by atoms with van der Waals surface area (Å²) < 4.78 is 0. The number of benzene rings is 2. The summed E-state index contributed by atoms with van der Waals surface area (Å²) in [5.74, 6) is 0.249. The lowest BCUT2D eigenvalue weighted by Gasteiger charge is -2.28. The van der Waals surface area contributed by atoms with Crippen LogP contribution in [0.1, 0.15) is 36.5 Å². The van der Waals surface area contributed by atoms with Crippen LogP contribution in [0.5, 0.6) is 17.2 Å². The van der Waals surface area contributed by atoms with E-state index in [1.54, 1.807) is 24.3 Å². The Kier molecular flexibility index (Phi) is 2.68. The van der Waals surface area contributed by atoms with E-state index in [2.05, 4.69) is 13.8 Å². The van der Waals surface area contributed by atoms with E-state index in [4.69, 9.17) is 0 Å². The fourth-order valence-electron chi connectivity index (χ4n) is 3.37. The lowest BCUT2D eigenvalue weighted by molar-refractivity contribution is 0.346. The van der Waals surface area contributed by atoms with Crippen molar-refractivity contribution in [3.05, 3.63) is 53.1 Å². The number of rotatable bonds is 1. The van der Waals surface area contributed by atoms with Crippen LogP contribution in [0.25, 0.3) is 0 Å². The third-order valence-corrected chi connectivity index (χ3v) is 4.20. The maximum Gasteiger partial charge on any atom is 0.157 e. The van der Waals surface area contributed by atoms with Gasteiger partial charge in [-0.15, -0.1) is 0 Å². The lowest BCUT2D eigenvalue weighted by Crippen LogP contribution is -2.18. The van der Waals surface area contributed by atoms with Gasteiger partial charge in [0.1, 0.15) is 5.75 Å². The Morgan fingerprint density at radius 3 is 2.20 bits per heavy atom. The van der Waals surface area contributed by atoms with Crippen molar-refractivity contribution < 1.29 is 15.3 Å². The number of fused-ring (bicyclic) bond motifs is 1. The Balaban J connectivity index is 2.15. The monoisotopic (exact) mass is 270 g/mol. The van der Waals surface area contributed by atoms with Crippen LogP contribution in [0.2, 0.25) is 0 Å². The zero-order valence-corrected chi connectivity index (χ0v) is 11.6. The van der Waals surface area contributed by atoms with Gasteiger partial charge in [-0.2, -0.15) is 0 Å². The van der Waals surface area contributed by atoms with E-state index in [0.717, 1.165) is 23.1 Å². The second-order valence-corrected chi connectivity index (χ2v) is 6.23. The van der Waals surface area contributed by atoms with Crippen LogP contribution in [0, 0.1) is 5.41 Å². The van der Waals surface area contributed by atoms with Gasteiger partial charge in [0.2, 0.25) is 0 Å². The third kappa shape index (κ3) is 1.90. The standard InChI is InChI=1S/C17H18O3/c1-17(2)9-11-7-14(19)15(20)8-13(11)16(17)10-3-5-12(18)6-4-10/h3-8,16,18-20H,9H2,1-2H3. The molecule has 0 aromatic heterocycles. The average Bonchev–Trinajstić information content (AvgIpc) is 2.61. The summed E-state index contributed by atoms with van der Waals surface area (Å²) in [5.41, 5.74) is 3.23. The van der Waals surface area contributed by atoms with Gasteiger partial charge in [0, 0.05) is 5.92 Å². The van der Waals surface area contributed by atoms with Crippen molar-refractivity contribution in [1.29, 1.82) is 0 Å². The number of hydrogen-bond acceptors (Lipinski definition) is 3. The summed E-state index contributed by atoms with van der Waals surface area (Å²) in [4.78, 5) is 0. The number of phenolic OH excluding ortho intramolecular Hbond substituents is 3. The Bertz CT molecular complexity index is 657. The highest BCUT2D eigenvalue weighted by Crippen LogP contribution is 2.52. The van der Waals surface area contributed by atoms with Gasteiger partial charge >= 0.3 is 0 Å². The molecule has 2 aromatic rings. The van der Waals surface area contributed by atoms with Gasteiger partial charge in [0.25, 0.3) is 0 Å². The fraction of sp³-hybridized carbons (Fsp3) is 0.294. The first kappa shape index (κ1) is 12.9. The summed E-state index contributed by atoms with van der Waals surface area (Å²) in [6.07, 6.45) is 0.849. The molecule has 20 heavy (non-hydrogen) atoms. The highest BCUT2D eigenvalue weighted by atomic mass is 16.3. The maximum absolute atomic E-state index is 9.77. The molecule has 0 aliphatic heterocycles. The summed E-state index contributed by atoms with van der Waals surface area (Å²) in [5, 5.41) is 28.9. The van der Waals surface area contributed by atoms with Crippen LogP contribution in [0.15, 0.2) is 36.4 Å². The second-order valence-electron chi connectivity index (χ2n) is 6.23. The molecule has 0 heterocycles. The Hall–Kier alpha value is -2.16. The van der Waals surface area contributed by atoms with Crippen molar-refractivity contribution in [3.8, 4) is 17.2 Å². The molecule has 0 saturated carbocycles. The molecule has 0 radical (unpaired) electrons. The predicted molar refractivity (Wildman–Crippen MR) is 77.2 cm³/mol. The minimum absolute atomic E-state index is 0.000457. The van der Waals surface area contributed by atoms with E-state index >= 15 is 0 Å². The predicted octanol–water partition coefficient (Wildman–Crippen LogP) is 3.52. The van der Waals surface area contributed by atoms with E-state index in [-0.39, 0.29) is 28.6 Å². The van der Waals surface area contributed by atoms with E-state index in [1.165, 1.54) is 0 Å². The SMILES string of the molecule is CC1(C)Cc2cc(O)c(O)cc2C1c1ccc(O)cc1. The first-order chi connectivity index (χ1) is 9.38. The Labute approximate surface area is 118 Å². The minimum atomic E-state index is -0.0785. The van der Waals surface area contributed by atoms with Gasteiger partial charge in [-0.3, -0.25) is 0 Å². The molecule has 0 saturated heterocycles. The fourth-order valence-corrected chi connectivity index (χ4v) is 3.37. The topological polar surface area (TPSA) is 60.7 Å². The summed E-state index contributed by atoms with van der Waals surface area (Å²) in [6.45, 7) is 4.36. The molecule has 3 N–H and O–H groups in total. The molecule has 0 fully saturated rings. The van der Waals surface area contributed by atoms with Gasteiger partial charge in [-0.1, -0.05) is 26.0 Å². The largest absolute Gasteiger partial charge is 0.508 e. The van der Waals surface area contributed by atoms with Crippen molar-refractivity contribution in [1.82, 2.24) is 0 Å². The van der Waals surface area contributed by atoms with Gasteiger partial charge in [-0.25, -0.2) is 0 Å². The molecule has 0 spiro atoms. The molecule has 104 valence electrons. The highest BCUT2D eigenvalue weighted by molar-refractivity contribution is 5.53. The molecule has 2 aromatic carbocycles. The molecule has 3 rings (SSSR count). The quantitative estimate of drug-likeness (QED) is 0.695. The van der Waals surface area contributed by atoms with Gasteiger partial charge < -0.3 is 15.3 Å². The van der Waals surface area contributed by atoms with Crippen LogP contribution < -0.4 is 0 Å². The molecule has 1 atom stereocenters. The van der Waals surface area contributed by atoms with Gasteiger partial charge in [-0.05, 0) is 52.8 Å². The summed E-state index contributed by atoms with van der Waals surface area (Å²) >= 11 is 0. The van der Waals surface area contributed by atoms with E-state index in [0.29, 0.717) is 0 Å². The molecule has 1 unspecified atom stereocenters. The molecule has 0 amide bonds. The van der Waals surface area contributed by atoms with Gasteiger partial charge in [0.15, 0.2) is 11.5 Å². The smallest absolute Gasteiger partial charge is 0.157 e. The van der Waals surface area contributed by atoms with Crippen molar-refractivity contribution >= 4 is 0 Å². The molecular formula is C17H18O3. The van der Waals surface area contributed by atoms with Crippen molar-refractivity contribution in [2.75, 3.05) is 0 Å². The van der Waals surface area contributed by atoms with Crippen LogP contribution in [-0.4, -0.2) is 15.3 Å². The highest BCUT2D eigenvalue weighted by Gasteiger charge is 2.40. The second kappa shape index (κ2) is 4.17. The average molecular weight is 270 g/mol. The van der Waals surface area contributed by atoms with E-state index in [9.17, 15) is 15.3 Å². The number of hydrogen-bond donors (Lipinski definition) is 3. The first-order valence-corrected chi connectivity index (χ1v) is 6.72. The van der Waals surface area contributed by atoms with E-state index < -0.39 is 0 Å². The van der Waals surface area contributed by atoms with Crippen molar-refractivity contribution in [2.24, 2.45) is 5.41 Å². The van der Waals surface area contributed by atoms with Crippen LogP contribution in [-0.2, 0) is 6.42 Å². The minimum Gasteiger partial charge on any atom is -0.508 e. The van der Waals surface area contributed by atoms with E-state index in [1.807, 2.05) is 12.1 Å². The molecule has 3 heteroatoms. The molecule has 1 aliphatic carbocycles. The normalized spacial score (nSPS) is 19.8. The van der Waals surface area contributed by atoms with Crippen molar-refractivity contribution in [3.63, 3.8) is 0 Å². The Morgan fingerprint density at radius 1 is 0.950 bits per heavy atom. The summed E-state index contributed by atoms with van der Waals surface area (Å²) in [7, 11) is 0. The molecule has 1 aliphatic rings. The summed E-state index contributed by atoms with van der Waals surface area (Å²) in [6, 6.07) is 10.5. The maximum atomic E-state index is 9.77. The Morgan fingerprint density at radius 2 is 1.55 bits per heavy atom. The zero-order chi connectivity index (χ0) is 14.5. The lowest BCUT2D eigenvalue weighted by atomic mass is 9.76. The first-order valence-electron chi connectivity index (χ1n) is 6.72. The number of aromatic hydroxyl groups is 3.